The van der Waals surface area contributed by atoms with Gasteiger partial charge < -0.3 is 10.7 Å². The lowest BCUT2D eigenvalue weighted by Crippen LogP contribution is -1.96. The minimum absolute atomic E-state index is 0.236. The smallest absolute Gasteiger partial charge is 0.223 e. The zero-order valence-corrected chi connectivity index (χ0v) is 11.1. The molecular weight excluding hydrogens is 272 g/mol. The summed E-state index contributed by atoms with van der Waals surface area (Å²) >= 11 is 1.51. The minimum atomic E-state index is 0.236. The topological polar surface area (TPSA) is 96.3 Å². The Balaban J connectivity index is 1.81. The molecule has 7 heteroatoms. The van der Waals surface area contributed by atoms with Gasteiger partial charge in [0, 0.05) is 10.9 Å². The second-order valence-corrected chi connectivity index (χ2v) is 5.37. The lowest BCUT2D eigenvalue weighted by Gasteiger charge is -2.00. The first-order chi connectivity index (χ1) is 9.79. The molecular formula is C13H10N6S. The average Bonchev–Trinajstić information content (AvgIpc) is 3.03. The van der Waals surface area contributed by atoms with Crippen molar-refractivity contribution in [2.24, 2.45) is 0 Å². The molecule has 4 N–H and O–H groups in total. The van der Waals surface area contributed by atoms with E-state index in [1.807, 2.05) is 18.2 Å². The molecule has 0 atom stereocenters. The van der Waals surface area contributed by atoms with Crippen molar-refractivity contribution >= 4 is 39.6 Å². The number of aromatic nitrogens is 5. The molecule has 3 heterocycles. The standard InChI is InChI=1S/C13H10N6S/c14-13-17-11-8(6-15-19-11)12(18-13)20-10-5-7-3-1-2-4-9(7)16-10/h1-6,16H,(H3,14,15,17,18,19). The molecule has 6 nitrogen and oxygen atoms in total. The van der Waals surface area contributed by atoms with Crippen LogP contribution in [0.25, 0.3) is 21.9 Å². The Morgan fingerprint density at radius 2 is 2.05 bits per heavy atom. The number of anilines is 1. The van der Waals surface area contributed by atoms with Gasteiger partial charge in [0.05, 0.1) is 16.6 Å². The lowest BCUT2D eigenvalue weighted by atomic mass is 10.3. The maximum atomic E-state index is 5.72. The van der Waals surface area contributed by atoms with Crippen LogP contribution in [0, 0.1) is 0 Å². The molecule has 0 saturated carbocycles. The molecule has 0 unspecified atom stereocenters. The van der Waals surface area contributed by atoms with Crippen LogP contribution in [-0.4, -0.2) is 25.1 Å². The third-order valence-corrected chi connectivity index (χ3v) is 3.95. The number of nitrogens with two attached hydrogens (primary N) is 1. The molecule has 4 aromatic rings. The number of nitrogens with one attached hydrogen (secondary N) is 2. The third-order valence-electron chi connectivity index (χ3n) is 3.00. The summed E-state index contributed by atoms with van der Waals surface area (Å²) in [5, 5.41) is 10.6. The zero-order valence-electron chi connectivity index (χ0n) is 10.3. The predicted molar refractivity (Wildman–Crippen MR) is 78.5 cm³/mol. The van der Waals surface area contributed by atoms with E-state index in [0.29, 0.717) is 5.65 Å². The number of nitrogen functional groups attached to an aromatic ring is 1. The van der Waals surface area contributed by atoms with Crippen molar-refractivity contribution in [1.29, 1.82) is 0 Å². The van der Waals surface area contributed by atoms with E-state index in [1.165, 1.54) is 17.1 Å². The molecule has 0 bridgehead atoms. The van der Waals surface area contributed by atoms with E-state index in [0.717, 1.165) is 21.0 Å². The zero-order chi connectivity index (χ0) is 13.5. The number of fused-ring (bicyclic) bond motifs is 2. The van der Waals surface area contributed by atoms with Crippen molar-refractivity contribution in [3.63, 3.8) is 0 Å². The molecule has 3 aromatic heterocycles. The molecule has 0 fully saturated rings. The maximum absolute atomic E-state index is 5.72. The van der Waals surface area contributed by atoms with Crippen LogP contribution < -0.4 is 5.73 Å². The van der Waals surface area contributed by atoms with Crippen LogP contribution in [0.2, 0.25) is 0 Å². The van der Waals surface area contributed by atoms with Crippen molar-refractivity contribution in [1.82, 2.24) is 25.1 Å². The summed E-state index contributed by atoms with van der Waals surface area (Å²) in [5.74, 6) is 0.236. The first-order valence-corrected chi connectivity index (χ1v) is 6.83. The van der Waals surface area contributed by atoms with Crippen LogP contribution >= 0.6 is 11.8 Å². The van der Waals surface area contributed by atoms with E-state index in [-0.39, 0.29) is 5.95 Å². The number of rotatable bonds is 2. The molecule has 20 heavy (non-hydrogen) atoms. The van der Waals surface area contributed by atoms with E-state index < -0.39 is 0 Å². The van der Waals surface area contributed by atoms with Gasteiger partial charge in [-0.3, -0.25) is 5.10 Å². The molecule has 0 spiro atoms. The largest absolute Gasteiger partial charge is 0.368 e. The molecule has 0 aliphatic rings. The molecule has 0 aliphatic heterocycles. The number of aromatic amines is 2. The van der Waals surface area contributed by atoms with Gasteiger partial charge in [0.25, 0.3) is 0 Å². The van der Waals surface area contributed by atoms with Gasteiger partial charge in [-0.25, -0.2) is 4.98 Å². The number of benzene rings is 1. The highest BCUT2D eigenvalue weighted by atomic mass is 32.2. The number of hydrogen-bond acceptors (Lipinski definition) is 5. The first kappa shape index (κ1) is 11.3. The molecule has 98 valence electrons. The normalized spacial score (nSPS) is 11.4. The van der Waals surface area contributed by atoms with Crippen LogP contribution in [0.4, 0.5) is 5.95 Å². The maximum Gasteiger partial charge on any atom is 0.223 e. The van der Waals surface area contributed by atoms with Crippen molar-refractivity contribution in [2.45, 2.75) is 10.1 Å². The fraction of sp³-hybridized carbons (Fsp3) is 0. The summed E-state index contributed by atoms with van der Waals surface area (Å²) in [7, 11) is 0. The van der Waals surface area contributed by atoms with E-state index in [4.69, 9.17) is 5.73 Å². The van der Waals surface area contributed by atoms with Crippen LogP contribution in [0.3, 0.4) is 0 Å². The minimum Gasteiger partial charge on any atom is -0.368 e. The summed E-state index contributed by atoms with van der Waals surface area (Å²) in [6.45, 7) is 0. The van der Waals surface area contributed by atoms with E-state index in [9.17, 15) is 0 Å². The van der Waals surface area contributed by atoms with Crippen molar-refractivity contribution in [3.05, 3.63) is 36.5 Å². The summed E-state index contributed by atoms with van der Waals surface area (Å²) in [4.78, 5) is 11.7. The number of nitrogens with zero attached hydrogens (tertiary/aromatic N) is 3. The molecule has 4 rings (SSSR count). The van der Waals surface area contributed by atoms with Crippen molar-refractivity contribution < 1.29 is 0 Å². The predicted octanol–water partition coefficient (Wildman–Crippen LogP) is 2.57. The van der Waals surface area contributed by atoms with Gasteiger partial charge >= 0.3 is 0 Å². The van der Waals surface area contributed by atoms with Gasteiger partial charge in [-0.15, -0.1) is 0 Å². The lowest BCUT2D eigenvalue weighted by molar-refractivity contribution is 1.07. The molecule has 0 saturated heterocycles. The summed E-state index contributed by atoms with van der Waals surface area (Å²) < 4.78 is 0. The SMILES string of the molecule is Nc1nc(Sc2cc3ccccc3[nH]2)c2cn[nH]c2n1. The number of para-hydroxylation sites is 1. The van der Waals surface area contributed by atoms with Crippen molar-refractivity contribution in [2.75, 3.05) is 5.73 Å². The molecule has 0 aliphatic carbocycles. The Kier molecular flexibility index (Phi) is 2.40. The van der Waals surface area contributed by atoms with Crippen LogP contribution in [0.15, 0.2) is 46.6 Å². The average molecular weight is 282 g/mol. The third kappa shape index (κ3) is 1.79. The van der Waals surface area contributed by atoms with E-state index in [1.54, 1.807) is 6.20 Å². The second kappa shape index (κ2) is 4.24. The molecule has 0 radical (unpaired) electrons. The first-order valence-electron chi connectivity index (χ1n) is 6.02. The van der Waals surface area contributed by atoms with Crippen LogP contribution in [0.5, 0.6) is 0 Å². The van der Waals surface area contributed by atoms with E-state index >= 15 is 0 Å². The monoisotopic (exact) mass is 282 g/mol. The highest BCUT2D eigenvalue weighted by Gasteiger charge is 2.11. The summed E-state index contributed by atoms with van der Waals surface area (Å²) in [6.07, 6.45) is 1.71. The Morgan fingerprint density at radius 1 is 1.15 bits per heavy atom. The highest BCUT2D eigenvalue weighted by Crippen LogP contribution is 2.32. The Bertz CT molecular complexity index is 876. The van der Waals surface area contributed by atoms with E-state index in [2.05, 4.69) is 37.3 Å². The number of H-pyrrole nitrogens is 2. The van der Waals surface area contributed by atoms with Gasteiger partial charge in [-0.1, -0.05) is 30.0 Å². The second-order valence-electron chi connectivity index (χ2n) is 4.34. The van der Waals surface area contributed by atoms with Gasteiger partial charge in [-0.2, -0.15) is 10.1 Å². The Morgan fingerprint density at radius 3 is 2.95 bits per heavy atom. The van der Waals surface area contributed by atoms with Crippen LogP contribution in [-0.2, 0) is 0 Å². The fourth-order valence-electron chi connectivity index (χ4n) is 2.11. The van der Waals surface area contributed by atoms with Crippen LogP contribution in [0.1, 0.15) is 0 Å². The highest BCUT2D eigenvalue weighted by molar-refractivity contribution is 7.99. The van der Waals surface area contributed by atoms with Gasteiger partial charge in [-0.05, 0) is 12.1 Å². The molecule has 1 aromatic carbocycles. The summed E-state index contributed by atoms with van der Waals surface area (Å²) in [6, 6.07) is 10.2. The fourth-order valence-corrected chi connectivity index (χ4v) is 3.06. The van der Waals surface area contributed by atoms with Gasteiger partial charge in [0.15, 0.2) is 5.65 Å². The molecule has 0 amide bonds. The Hall–Kier alpha value is -2.54. The quantitative estimate of drug-likeness (QED) is 0.491. The van der Waals surface area contributed by atoms with Crippen molar-refractivity contribution in [3.8, 4) is 0 Å². The number of hydrogen-bond donors (Lipinski definition) is 3. The van der Waals surface area contributed by atoms with Gasteiger partial charge in [0.1, 0.15) is 5.03 Å². The Labute approximate surface area is 117 Å². The van der Waals surface area contributed by atoms with Gasteiger partial charge in [0.2, 0.25) is 5.95 Å². The summed E-state index contributed by atoms with van der Waals surface area (Å²) in [5.41, 5.74) is 7.47.